The average Bonchev–Trinajstić information content (AvgIpc) is 2.04. The molecule has 0 bridgehead atoms. The molecule has 0 spiro atoms. The van der Waals surface area contributed by atoms with Crippen LogP contribution < -0.4 is 5.73 Å². The summed E-state index contributed by atoms with van der Waals surface area (Å²) in [6.45, 7) is 1.91. The van der Waals surface area contributed by atoms with Crippen LogP contribution in [0.2, 0.25) is 0 Å². The summed E-state index contributed by atoms with van der Waals surface area (Å²) in [6.07, 6.45) is 1.83. The van der Waals surface area contributed by atoms with Gasteiger partial charge in [0.1, 0.15) is 6.04 Å². The van der Waals surface area contributed by atoms with E-state index in [4.69, 9.17) is 15.9 Å². The second-order valence-electron chi connectivity index (χ2n) is 2.95. The molecular weight excluding hydrogens is 174 g/mol. The predicted molar refractivity (Wildman–Crippen MR) is 46.3 cm³/mol. The maximum atomic E-state index is 10.6. The van der Waals surface area contributed by atoms with Crippen molar-refractivity contribution in [3.63, 3.8) is 0 Å². The molecule has 0 aliphatic heterocycles. The minimum atomic E-state index is -1.30. The summed E-state index contributed by atoms with van der Waals surface area (Å²) in [4.78, 5) is 21.0. The Hall–Kier alpha value is -1.10. The van der Waals surface area contributed by atoms with E-state index in [1.165, 1.54) is 0 Å². The van der Waals surface area contributed by atoms with Crippen LogP contribution in [0.1, 0.15) is 26.2 Å². The number of carboxylic acid groups (broad SMARTS) is 2. The highest BCUT2D eigenvalue weighted by Crippen LogP contribution is 2.12. The van der Waals surface area contributed by atoms with Gasteiger partial charge in [0, 0.05) is 0 Å². The first-order valence-electron chi connectivity index (χ1n) is 4.21. The van der Waals surface area contributed by atoms with E-state index in [0.29, 0.717) is 12.8 Å². The van der Waals surface area contributed by atoms with Crippen LogP contribution >= 0.6 is 0 Å². The molecule has 0 fully saturated rings. The van der Waals surface area contributed by atoms with Crippen molar-refractivity contribution in [2.75, 3.05) is 0 Å². The third kappa shape index (κ3) is 3.89. The molecule has 0 aliphatic carbocycles. The number of hydrogen-bond acceptors (Lipinski definition) is 3. The number of unbranched alkanes of at least 4 members (excludes halogenated alkanes) is 1. The molecule has 4 N–H and O–H groups in total. The Morgan fingerprint density at radius 1 is 1.31 bits per heavy atom. The Morgan fingerprint density at radius 3 is 2.15 bits per heavy atom. The Labute approximate surface area is 76.5 Å². The normalized spacial score (nSPS) is 14.9. The molecule has 0 saturated heterocycles. The number of hydrogen-bond donors (Lipinski definition) is 3. The molecule has 2 atom stereocenters. The van der Waals surface area contributed by atoms with Gasteiger partial charge in [0.2, 0.25) is 0 Å². The molecule has 0 rings (SSSR count). The average molecular weight is 189 g/mol. The van der Waals surface area contributed by atoms with Crippen LogP contribution in [0, 0.1) is 5.92 Å². The van der Waals surface area contributed by atoms with E-state index < -0.39 is 23.9 Å². The lowest BCUT2D eigenvalue weighted by atomic mass is 9.95. The van der Waals surface area contributed by atoms with Crippen molar-refractivity contribution in [1.29, 1.82) is 0 Å². The number of carbonyl (C=O) groups is 2. The summed E-state index contributed by atoms with van der Waals surface area (Å²) in [7, 11) is 0. The summed E-state index contributed by atoms with van der Waals surface area (Å²) < 4.78 is 0. The van der Waals surface area contributed by atoms with Gasteiger partial charge >= 0.3 is 11.9 Å². The number of nitrogens with two attached hydrogens (primary N) is 1. The molecule has 0 aliphatic rings. The number of rotatable bonds is 6. The smallest absolute Gasteiger partial charge is 0.321 e. The number of carboxylic acids is 2. The van der Waals surface area contributed by atoms with Gasteiger partial charge in [-0.1, -0.05) is 19.8 Å². The Balaban J connectivity index is 4.24. The van der Waals surface area contributed by atoms with Gasteiger partial charge in [0.15, 0.2) is 0 Å². The summed E-state index contributed by atoms with van der Waals surface area (Å²) >= 11 is 0. The minimum Gasteiger partial charge on any atom is -0.481 e. The highest BCUT2D eigenvalue weighted by Gasteiger charge is 2.29. The van der Waals surface area contributed by atoms with Crippen molar-refractivity contribution in [1.82, 2.24) is 0 Å². The number of aliphatic carboxylic acids is 2. The first-order chi connectivity index (χ1) is 6.00. The first kappa shape index (κ1) is 11.9. The fraction of sp³-hybridized carbons (Fsp3) is 0.750. The fourth-order valence-corrected chi connectivity index (χ4v) is 1.05. The van der Waals surface area contributed by atoms with E-state index in [2.05, 4.69) is 0 Å². The quantitative estimate of drug-likeness (QED) is 0.557. The Bertz CT molecular complexity index is 193. The highest BCUT2D eigenvalue weighted by molar-refractivity contribution is 5.82. The van der Waals surface area contributed by atoms with Crippen molar-refractivity contribution in [3.05, 3.63) is 0 Å². The molecule has 0 saturated carbocycles. The van der Waals surface area contributed by atoms with Crippen molar-refractivity contribution in [3.8, 4) is 0 Å². The van der Waals surface area contributed by atoms with E-state index in [-0.39, 0.29) is 0 Å². The van der Waals surface area contributed by atoms with Crippen LogP contribution in [0.25, 0.3) is 0 Å². The van der Waals surface area contributed by atoms with Crippen molar-refractivity contribution in [2.45, 2.75) is 32.2 Å². The minimum absolute atomic E-state index is 0.319. The Morgan fingerprint density at radius 2 is 1.85 bits per heavy atom. The largest absolute Gasteiger partial charge is 0.481 e. The van der Waals surface area contributed by atoms with Crippen LogP contribution in [0.5, 0.6) is 0 Å². The summed E-state index contributed by atoms with van der Waals surface area (Å²) in [6, 6.07) is -1.30. The van der Waals surface area contributed by atoms with Gasteiger partial charge < -0.3 is 15.9 Å². The van der Waals surface area contributed by atoms with Gasteiger partial charge in [-0.3, -0.25) is 9.59 Å². The predicted octanol–water partition coefficient (Wildman–Crippen LogP) is 0.289. The Kier molecular flexibility index (Phi) is 5.06. The lowest BCUT2D eigenvalue weighted by molar-refractivity contribution is -0.150. The topological polar surface area (TPSA) is 101 Å². The zero-order chi connectivity index (χ0) is 10.4. The third-order valence-corrected chi connectivity index (χ3v) is 1.90. The standard InChI is InChI=1S/C8H15NO4/c1-2-3-4-5(7(10)11)6(9)8(12)13/h5-6H,2-4,9H2,1H3,(H,10,11)(H,12,13)/t5?,6-/m0/s1. The highest BCUT2D eigenvalue weighted by atomic mass is 16.4. The lowest BCUT2D eigenvalue weighted by Gasteiger charge is -2.15. The fourth-order valence-electron chi connectivity index (χ4n) is 1.05. The molecular formula is C8H15NO4. The van der Waals surface area contributed by atoms with Crippen molar-refractivity contribution < 1.29 is 19.8 Å². The van der Waals surface area contributed by atoms with E-state index in [1.54, 1.807) is 0 Å². The van der Waals surface area contributed by atoms with Crippen LogP contribution in [0.15, 0.2) is 0 Å². The van der Waals surface area contributed by atoms with Gasteiger partial charge in [-0.2, -0.15) is 0 Å². The molecule has 5 heteroatoms. The zero-order valence-corrected chi connectivity index (χ0v) is 7.56. The van der Waals surface area contributed by atoms with E-state index in [9.17, 15) is 9.59 Å². The van der Waals surface area contributed by atoms with E-state index in [1.807, 2.05) is 6.92 Å². The molecule has 13 heavy (non-hydrogen) atoms. The molecule has 0 heterocycles. The molecule has 0 aromatic rings. The van der Waals surface area contributed by atoms with Crippen LogP contribution in [-0.2, 0) is 9.59 Å². The zero-order valence-electron chi connectivity index (χ0n) is 7.56. The maximum Gasteiger partial charge on any atom is 0.321 e. The van der Waals surface area contributed by atoms with Gasteiger partial charge in [0.25, 0.3) is 0 Å². The summed E-state index contributed by atoms with van der Waals surface area (Å²) in [5.74, 6) is -3.37. The molecule has 0 radical (unpaired) electrons. The maximum absolute atomic E-state index is 10.6. The molecule has 76 valence electrons. The summed E-state index contributed by atoms with van der Waals surface area (Å²) in [5.41, 5.74) is 5.22. The molecule has 0 aromatic carbocycles. The van der Waals surface area contributed by atoms with Crippen LogP contribution in [0.4, 0.5) is 0 Å². The van der Waals surface area contributed by atoms with Gasteiger partial charge in [-0.05, 0) is 6.42 Å². The van der Waals surface area contributed by atoms with Crippen molar-refractivity contribution in [2.24, 2.45) is 11.7 Å². The molecule has 0 amide bonds. The second kappa shape index (κ2) is 5.53. The van der Waals surface area contributed by atoms with Crippen molar-refractivity contribution >= 4 is 11.9 Å². The van der Waals surface area contributed by atoms with E-state index >= 15 is 0 Å². The first-order valence-corrected chi connectivity index (χ1v) is 4.21. The van der Waals surface area contributed by atoms with Gasteiger partial charge in [-0.15, -0.1) is 0 Å². The second-order valence-corrected chi connectivity index (χ2v) is 2.95. The molecule has 5 nitrogen and oxygen atoms in total. The molecule has 0 aromatic heterocycles. The lowest BCUT2D eigenvalue weighted by Crippen LogP contribution is -2.41. The SMILES string of the molecule is CCCCC(C(=O)O)[C@H](N)C(=O)O. The van der Waals surface area contributed by atoms with Crippen LogP contribution in [0.3, 0.4) is 0 Å². The summed E-state index contributed by atoms with van der Waals surface area (Å²) in [5, 5.41) is 17.2. The van der Waals surface area contributed by atoms with Gasteiger partial charge in [-0.25, -0.2) is 0 Å². The molecule has 1 unspecified atom stereocenters. The van der Waals surface area contributed by atoms with Gasteiger partial charge in [0.05, 0.1) is 5.92 Å². The van der Waals surface area contributed by atoms with E-state index in [0.717, 1.165) is 6.42 Å². The van der Waals surface area contributed by atoms with Crippen LogP contribution in [-0.4, -0.2) is 28.2 Å². The third-order valence-electron chi connectivity index (χ3n) is 1.90. The monoisotopic (exact) mass is 189 g/mol.